The minimum atomic E-state index is -3.63. The van der Waals surface area contributed by atoms with Crippen molar-refractivity contribution in [3.8, 4) is 5.75 Å². The van der Waals surface area contributed by atoms with Gasteiger partial charge in [0.25, 0.3) is 5.91 Å². The highest BCUT2D eigenvalue weighted by Crippen LogP contribution is 2.23. The Morgan fingerprint density at radius 3 is 2.46 bits per heavy atom. The molecule has 1 aliphatic rings. The maximum atomic E-state index is 12.8. The van der Waals surface area contributed by atoms with Gasteiger partial charge < -0.3 is 10.1 Å². The first kappa shape index (κ1) is 20.2. The van der Waals surface area contributed by atoms with E-state index in [4.69, 9.17) is 0 Å². The third-order valence-corrected chi connectivity index (χ3v) is 6.26. The number of carbonyl (C=O) groups is 1. The van der Waals surface area contributed by atoms with Crippen molar-refractivity contribution in [2.75, 3.05) is 18.4 Å². The summed E-state index contributed by atoms with van der Waals surface area (Å²) in [5.41, 5.74) is 0.408. The van der Waals surface area contributed by atoms with Crippen molar-refractivity contribution in [3.05, 3.63) is 54.1 Å². The van der Waals surface area contributed by atoms with E-state index in [1.54, 1.807) is 12.1 Å². The monoisotopic (exact) mass is 410 g/mol. The highest BCUT2D eigenvalue weighted by Gasteiger charge is 2.26. The van der Waals surface area contributed by atoms with Gasteiger partial charge in [-0.25, -0.2) is 8.42 Å². The van der Waals surface area contributed by atoms with Crippen LogP contribution in [0.5, 0.6) is 5.75 Å². The second-order valence-electron chi connectivity index (χ2n) is 6.35. The average Bonchev–Trinajstić information content (AvgIpc) is 2.68. The summed E-state index contributed by atoms with van der Waals surface area (Å²) in [5.74, 6) is -0.698. The molecule has 0 aromatic heterocycles. The molecule has 9 heteroatoms. The van der Waals surface area contributed by atoms with Crippen LogP contribution in [-0.4, -0.2) is 38.3 Å². The maximum Gasteiger partial charge on any atom is 0.387 e. The molecule has 0 unspecified atom stereocenters. The van der Waals surface area contributed by atoms with Crippen LogP contribution >= 0.6 is 0 Å². The van der Waals surface area contributed by atoms with Gasteiger partial charge in [0, 0.05) is 24.3 Å². The van der Waals surface area contributed by atoms with Crippen molar-refractivity contribution in [1.82, 2.24) is 4.31 Å². The lowest BCUT2D eigenvalue weighted by Crippen LogP contribution is -2.35. The molecule has 1 heterocycles. The first-order chi connectivity index (χ1) is 13.4. The van der Waals surface area contributed by atoms with E-state index in [2.05, 4.69) is 10.1 Å². The molecule has 1 saturated heterocycles. The van der Waals surface area contributed by atoms with Crippen molar-refractivity contribution in [2.24, 2.45) is 0 Å². The second-order valence-corrected chi connectivity index (χ2v) is 8.29. The molecule has 0 radical (unpaired) electrons. The van der Waals surface area contributed by atoms with Crippen molar-refractivity contribution < 1.29 is 26.7 Å². The lowest BCUT2D eigenvalue weighted by atomic mass is 10.2. The first-order valence-electron chi connectivity index (χ1n) is 8.83. The largest absolute Gasteiger partial charge is 0.435 e. The van der Waals surface area contributed by atoms with E-state index in [-0.39, 0.29) is 16.2 Å². The summed E-state index contributed by atoms with van der Waals surface area (Å²) >= 11 is 0. The van der Waals surface area contributed by atoms with Crippen molar-refractivity contribution in [3.63, 3.8) is 0 Å². The lowest BCUT2D eigenvalue weighted by Gasteiger charge is -2.26. The number of hydrogen-bond acceptors (Lipinski definition) is 4. The van der Waals surface area contributed by atoms with Crippen molar-refractivity contribution in [2.45, 2.75) is 30.8 Å². The molecule has 6 nitrogen and oxygen atoms in total. The number of carbonyl (C=O) groups excluding carboxylic acids is 1. The third kappa shape index (κ3) is 4.85. The molecule has 0 saturated carbocycles. The zero-order valence-electron chi connectivity index (χ0n) is 15.0. The van der Waals surface area contributed by atoms with Gasteiger partial charge in [-0.05, 0) is 49.2 Å². The van der Waals surface area contributed by atoms with Crippen LogP contribution in [-0.2, 0) is 10.0 Å². The van der Waals surface area contributed by atoms with E-state index >= 15 is 0 Å². The summed E-state index contributed by atoms with van der Waals surface area (Å²) < 4.78 is 55.9. The predicted molar refractivity (Wildman–Crippen MR) is 100 cm³/mol. The molecule has 1 fully saturated rings. The molecule has 0 bridgehead atoms. The summed E-state index contributed by atoms with van der Waals surface area (Å²) in [7, 11) is -3.63. The molecule has 1 N–H and O–H groups in total. The van der Waals surface area contributed by atoms with Gasteiger partial charge in [-0.1, -0.05) is 18.6 Å². The maximum absolute atomic E-state index is 12.8. The number of anilines is 1. The number of piperidine rings is 1. The number of alkyl halides is 2. The fourth-order valence-corrected chi connectivity index (χ4v) is 4.57. The number of rotatable bonds is 6. The van der Waals surface area contributed by atoms with Gasteiger partial charge in [0.1, 0.15) is 5.75 Å². The number of hydrogen-bond donors (Lipinski definition) is 1. The van der Waals surface area contributed by atoms with E-state index in [1.807, 2.05) is 0 Å². The number of nitrogens with one attached hydrogen (secondary N) is 1. The Balaban J connectivity index is 1.76. The van der Waals surface area contributed by atoms with Gasteiger partial charge in [0.2, 0.25) is 10.0 Å². The summed E-state index contributed by atoms with van der Waals surface area (Å²) in [6.07, 6.45) is 2.66. The summed E-state index contributed by atoms with van der Waals surface area (Å²) in [6, 6.07) is 11.4. The molecular formula is C19H20F2N2O4S. The van der Waals surface area contributed by atoms with Gasteiger partial charge >= 0.3 is 6.61 Å². The molecule has 0 aliphatic carbocycles. The number of nitrogens with zero attached hydrogens (tertiary/aromatic N) is 1. The number of ether oxygens (including phenoxy) is 1. The predicted octanol–water partition coefficient (Wildman–Crippen LogP) is 3.71. The molecule has 0 atom stereocenters. The van der Waals surface area contributed by atoms with E-state index in [0.717, 1.165) is 19.3 Å². The van der Waals surface area contributed by atoms with Crippen LogP contribution in [0.25, 0.3) is 0 Å². The normalized spacial score (nSPS) is 15.4. The Morgan fingerprint density at radius 2 is 1.75 bits per heavy atom. The van der Waals surface area contributed by atoms with Crippen LogP contribution < -0.4 is 10.1 Å². The zero-order valence-corrected chi connectivity index (χ0v) is 15.8. The number of amides is 1. The van der Waals surface area contributed by atoms with E-state index in [9.17, 15) is 22.0 Å². The summed E-state index contributed by atoms with van der Waals surface area (Å²) in [4.78, 5) is 12.5. The molecule has 150 valence electrons. The second kappa shape index (κ2) is 8.66. The van der Waals surface area contributed by atoms with Crippen LogP contribution in [0.15, 0.2) is 53.4 Å². The Bertz CT molecular complexity index is 944. The molecule has 2 aromatic rings. The Kier molecular flexibility index (Phi) is 6.25. The topological polar surface area (TPSA) is 75.7 Å². The minimum absolute atomic E-state index is 0.0991. The molecular weight excluding hydrogens is 390 g/mol. The van der Waals surface area contributed by atoms with Crippen molar-refractivity contribution in [1.29, 1.82) is 0 Å². The lowest BCUT2D eigenvalue weighted by molar-refractivity contribution is -0.0498. The Morgan fingerprint density at radius 1 is 1.04 bits per heavy atom. The third-order valence-electron chi connectivity index (χ3n) is 4.37. The number of halogens is 2. The van der Waals surface area contributed by atoms with Crippen LogP contribution in [0.3, 0.4) is 0 Å². The van der Waals surface area contributed by atoms with Gasteiger partial charge in [0.15, 0.2) is 0 Å². The summed E-state index contributed by atoms with van der Waals surface area (Å²) in [6.45, 7) is -2.03. The van der Waals surface area contributed by atoms with Crippen molar-refractivity contribution >= 4 is 21.6 Å². The fourth-order valence-electron chi connectivity index (χ4n) is 3.01. The number of benzene rings is 2. The van der Waals surface area contributed by atoms with Crippen LogP contribution in [0.4, 0.5) is 14.5 Å². The van der Waals surface area contributed by atoms with Crippen LogP contribution in [0, 0.1) is 0 Å². The summed E-state index contributed by atoms with van der Waals surface area (Å²) in [5, 5.41) is 2.59. The molecule has 1 aliphatic heterocycles. The molecule has 0 spiro atoms. The van der Waals surface area contributed by atoms with Gasteiger partial charge in [-0.3, -0.25) is 4.79 Å². The number of sulfonamides is 1. The van der Waals surface area contributed by atoms with Gasteiger partial charge in [0.05, 0.1) is 4.90 Å². The van der Waals surface area contributed by atoms with Crippen LogP contribution in [0.2, 0.25) is 0 Å². The highest BCUT2D eigenvalue weighted by molar-refractivity contribution is 7.89. The van der Waals surface area contributed by atoms with Crippen LogP contribution in [0.1, 0.15) is 29.6 Å². The van der Waals surface area contributed by atoms with Gasteiger partial charge in [-0.15, -0.1) is 0 Å². The first-order valence-corrected chi connectivity index (χ1v) is 10.3. The fraction of sp³-hybridized carbons (Fsp3) is 0.316. The molecule has 2 aromatic carbocycles. The van der Waals surface area contributed by atoms with E-state index < -0.39 is 22.5 Å². The minimum Gasteiger partial charge on any atom is -0.435 e. The smallest absolute Gasteiger partial charge is 0.387 e. The highest BCUT2D eigenvalue weighted by atomic mass is 32.2. The zero-order chi connectivity index (χ0) is 20.1. The molecule has 1 amide bonds. The molecule has 28 heavy (non-hydrogen) atoms. The Hall–Kier alpha value is -2.52. The standard InChI is InChI=1S/C19H20F2N2O4S/c20-19(21)27-16-8-4-6-14(12-16)18(24)22-15-7-5-9-17(13-15)28(25,26)23-10-2-1-3-11-23/h4-9,12-13,19H,1-3,10-11H2,(H,22,24). The van der Waals surface area contributed by atoms with Gasteiger partial charge in [-0.2, -0.15) is 13.1 Å². The Labute approximate surface area is 162 Å². The molecule has 3 rings (SSSR count). The van der Waals surface area contributed by atoms with E-state index in [0.29, 0.717) is 18.8 Å². The average molecular weight is 410 g/mol. The van der Waals surface area contributed by atoms with E-state index in [1.165, 1.54) is 40.7 Å². The SMILES string of the molecule is O=C(Nc1cccc(S(=O)(=O)N2CCCCC2)c1)c1cccc(OC(F)F)c1. The quantitative estimate of drug-likeness (QED) is 0.788.